The maximum Gasteiger partial charge on any atom is 0.176 e. The average molecular weight is 229 g/mol. The molecule has 2 aromatic rings. The lowest BCUT2D eigenvalue weighted by atomic mass is 10.2. The topological polar surface area (TPSA) is 31.2 Å². The van der Waals surface area contributed by atoms with Crippen LogP contribution >= 0.6 is 0 Å². The van der Waals surface area contributed by atoms with E-state index in [-0.39, 0.29) is 5.78 Å². The van der Waals surface area contributed by atoms with Crippen LogP contribution in [0.3, 0.4) is 0 Å². The van der Waals surface area contributed by atoms with Crippen LogP contribution in [0.5, 0.6) is 5.75 Å². The first-order chi connectivity index (χ1) is 8.20. The molecule has 0 atom stereocenters. The number of carbonyl (C=O) groups excluding carboxylic acids is 1. The summed E-state index contributed by atoms with van der Waals surface area (Å²) in [6, 6.07) is 8.44. The number of aromatic nitrogens is 1. The van der Waals surface area contributed by atoms with Crippen molar-refractivity contribution < 1.29 is 9.53 Å². The number of fused-ring (bicyclic) bond motifs is 1. The molecule has 3 rings (SSSR count). The van der Waals surface area contributed by atoms with Crippen molar-refractivity contribution in [2.24, 2.45) is 0 Å². The second-order valence-electron chi connectivity index (χ2n) is 4.61. The maximum atomic E-state index is 11.7. The van der Waals surface area contributed by atoms with Gasteiger partial charge in [0.25, 0.3) is 0 Å². The highest BCUT2D eigenvalue weighted by Gasteiger charge is 2.28. The zero-order valence-corrected chi connectivity index (χ0v) is 10.1. The van der Waals surface area contributed by atoms with Crippen molar-refractivity contribution >= 4 is 16.7 Å². The number of methoxy groups -OCH3 is 1. The van der Waals surface area contributed by atoms with Crippen LogP contribution in [0.4, 0.5) is 0 Å². The van der Waals surface area contributed by atoms with Crippen molar-refractivity contribution in [2.45, 2.75) is 25.8 Å². The number of benzene rings is 1. The lowest BCUT2D eigenvalue weighted by molar-refractivity contribution is 0.100. The van der Waals surface area contributed by atoms with Gasteiger partial charge in [0.05, 0.1) is 18.3 Å². The minimum Gasteiger partial charge on any atom is -0.497 e. The van der Waals surface area contributed by atoms with E-state index in [1.807, 2.05) is 24.3 Å². The Morgan fingerprint density at radius 3 is 2.71 bits per heavy atom. The van der Waals surface area contributed by atoms with Crippen LogP contribution in [0.1, 0.15) is 36.3 Å². The molecule has 1 aliphatic carbocycles. The van der Waals surface area contributed by atoms with Gasteiger partial charge >= 0.3 is 0 Å². The van der Waals surface area contributed by atoms with Crippen molar-refractivity contribution in [2.75, 3.05) is 7.11 Å². The summed E-state index contributed by atoms with van der Waals surface area (Å²) in [6.07, 6.45) is 2.34. The van der Waals surface area contributed by atoms with E-state index >= 15 is 0 Å². The Bertz CT molecular complexity index is 594. The molecule has 1 aromatic heterocycles. The Morgan fingerprint density at radius 2 is 2.12 bits per heavy atom. The Labute approximate surface area is 100.0 Å². The predicted octanol–water partition coefficient (Wildman–Crippen LogP) is 3.19. The first-order valence-corrected chi connectivity index (χ1v) is 5.90. The quantitative estimate of drug-likeness (QED) is 0.757. The number of nitrogens with zero attached hydrogens (tertiary/aromatic N) is 1. The highest BCUT2D eigenvalue weighted by molar-refractivity contribution is 5.99. The van der Waals surface area contributed by atoms with E-state index in [1.54, 1.807) is 14.0 Å². The molecule has 0 amide bonds. The van der Waals surface area contributed by atoms with E-state index in [9.17, 15) is 4.79 Å². The smallest absolute Gasteiger partial charge is 0.176 e. The van der Waals surface area contributed by atoms with E-state index in [2.05, 4.69) is 4.57 Å². The fourth-order valence-electron chi connectivity index (χ4n) is 2.33. The van der Waals surface area contributed by atoms with E-state index in [4.69, 9.17) is 4.74 Å². The minimum absolute atomic E-state index is 0.132. The zero-order valence-electron chi connectivity index (χ0n) is 10.1. The van der Waals surface area contributed by atoms with Gasteiger partial charge in [-0.2, -0.15) is 0 Å². The van der Waals surface area contributed by atoms with Gasteiger partial charge in [0.15, 0.2) is 5.78 Å². The SMILES string of the molecule is COc1ccc2cc(C(C)=O)n(C3CC3)c2c1. The summed E-state index contributed by atoms with van der Waals surface area (Å²) in [5.74, 6) is 0.972. The van der Waals surface area contributed by atoms with Crippen LogP contribution in [-0.4, -0.2) is 17.5 Å². The molecule has 88 valence electrons. The molecule has 1 heterocycles. The fourth-order valence-corrected chi connectivity index (χ4v) is 2.33. The fraction of sp³-hybridized carbons (Fsp3) is 0.357. The lowest BCUT2D eigenvalue weighted by Crippen LogP contribution is -2.04. The van der Waals surface area contributed by atoms with E-state index in [0.717, 1.165) is 22.3 Å². The van der Waals surface area contributed by atoms with Crippen molar-refractivity contribution in [3.05, 3.63) is 30.0 Å². The molecular weight excluding hydrogens is 214 g/mol. The van der Waals surface area contributed by atoms with E-state index in [1.165, 1.54) is 12.8 Å². The molecule has 0 saturated heterocycles. The third-order valence-electron chi connectivity index (χ3n) is 3.32. The summed E-state index contributed by atoms with van der Waals surface area (Å²) < 4.78 is 7.42. The second-order valence-corrected chi connectivity index (χ2v) is 4.61. The van der Waals surface area contributed by atoms with Gasteiger partial charge in [-0.25, -0.2) is 0 Å². The molecule has 0 aliphatic heterocycles. The Morgan fingerprint density at radius 1 is 1.35 bits per heavy atom. The van der Waals surface area contributed by atoms with Crippen LogP contribution in [0.25, 0.3) is 10.9 Å². The second kappa shape index (κ2) is 3.62. The highest BCUT2D eigenvalue weighted by atomic mass is 16.5. The van der Waals surface area contributed by atoms with E-state index < -0.39 is 0 Å². The Balaban J connectivity index is 2.28. The summed E-state index contributed by atoms with van der Waals surface area (Å²) in [7, 11) is 1.66. The molecule has 1 fully saturated rings. The van der Waals surface area contributed by atoms with Gasteiger partial charge in [-0.3, -0.25) is 4.79 Å². The van der Waals surface area contributed by atoms with E-state index in [0.29, 0.717) is 6.04 Å². The number of Topliss-reactive ketones (excluding diaryl/α,β-unsaturated/α-hetero) is 1. The standard InChI is InChI=1S/C14H15NO2/c1-9(16)13-7-10-3-6-12(17-2)8-14(10)15(13)11-4-5-11/h3,6-8,11H,4-5H2,1-2H3. The molecule has 0 spiro atoms. The number of rotatable bonds is 3. The molecule has 1 saturated carbocycles. The largest absolute Gasteiger partial charge is 0.497 e. The molecule has 0 N–H and O–H groups in total. The number of hydrogen-bond acceptors (Lipinski definition) is 2. The molecule has 1 aromatic carbocycles. The predicted molar refractivity (Wildman–Crippen MR) is 66.8 cm³/mol. The van der Waals surface area contributed by atoms with Gasteiger partial charge in [-0.05, 0) is 31.0 Å². The molecule has 17 heavy (non-hydrogen) atoms. The molecule has 1 aliphatic rings. The molecular formula is C14H15NO2. The number of ketones is 1. The van der Waals surface area contributed by atoms with Gasteiger partial charge in [0.2, 0.25) is 0 Å². The number of hydrogen-bond donors (Lipinski definition) is 0. The van der Waals surface area contributed by atoms with Crippen molar-refractivity contribution in [1.82, 2.24) is 4.57 Å². The summed E-state index contributed by atoms with van der Waals surface area (Å²) >= 11 is 0. The summed E-state index contributed by atoms with van der Waals surface area (Å²) in [4.78, 5) is 11.7. The molecule has 3 heteroatoms. The molecule has 0 bridgehead atoms. The summed E-state index contributed by atoms with van der Waals surface area (Å²) in [5, 5.41) is 1.11. The van der Waals surface area contributed by atoms with Crippen molar-refractivity contribution in [3.63, 3.8) is 0 Å². The van der Waals surface area contributed by atoms with Gasteiger partial charge in [-0.15, -0.1) is 0 Å². The highest BCUT2D eigenvalue weighted by Crippen LogP contribution is 2.40. The van der Waals surface area contributed by atoms with Crippen LogP contribution in [0, 0.1) is 0 Å². The first kappa shape index (κ1) is 10.4. The van der Waals surface area contributed by atoms with Crippen LogP contribution in [-0.2, 0) is 0 Å². The van der Waals surface area contributed by atoms with Gasteiger partial charge < -0.3 is 9.30 Å². The molecule has 0 radical (unpaired) electrons. The maximum absolute atomic E-state index is 11.7. The van der Waals surface area contributed by atoms with Gasteiger partial charge in [0, 0.05) is 24.4 Å². The normalized spacial score (nSPS) is 15.2. The third kappa shape index (κ3) is 1.62. The van der Waals surface area contributed by atoms with Crippen molar-refractivity contribution in [1.29, 1.82) is 0 Å². The molecule has 0 unspecified atom stereocenters. The molecule has 3 nitrogen and oxygen atoms in total. The average Bonchev–Trinajstić information content (AvgIpc) is 3.08. The Hall–Kier alpha value is -1.77. The number of ether oxygens (including phenoxy) is 1. The lowest BCUT2D eigenvalue weighted by Gasteiger charge is -2.07. The minimum atomic E-state index is 0.132. The zero-order chi connectivity index (χ0) is 12.0. The van der Waals surface area contributed by atoms with Crippen molar-refractivity contribution in [3.8, 4) is 5.75 Å². The van der Waals surface area contributed by atoms with Gasteiger partial charge in [0.1, 0.15) is 5.75 Å². The van der Waals surface area contributed by atoms with Gasteiger partial charge in [-0.1, -0.05) is 0 Å². The first-order valence-electron chi connectivity index (χ1n) is 5.90. The van der Waals surface area contributed by atoms with Crippen LogP contribution in [0.15, 0.2) is 24.3 Å². The van der Waals surface area contributed by atoms with Crippen LogP contribution in [0.2, 0.25) is 0 Å². The van der Waals surface area contributed by atoms with Crippen LogP contribution < -0.4 is 4.74 Å². The summed E-state index contributed by atoms with van der Waals surface area (Å²) in [6.45, 7) is 1.63. The third-order valence-corrected chi connectivity index (χ3v) is 3.32. The summed E-state index contributed by atoms with van der Waals surface area (Å²) in [5.41, 5.74) is 1.92. The Kier molecular flexibility index (Phi) is 2.21. The monoisotopic (exact) mass is 229 g/mol. The number of carbonyl (C=O) groups is 1.